The zero-order chi connectivity index (χ0) is 17.4. The normalized spacial score (nSPS) is 22.9. The monoisotopic (exact) mass is 336 g/mol. The number of aliphatic hydroxyl groups excluding tert-OH is 1. The van der Waals surface area contributed by atoms with E-state index in [1.807, 2.05) is 18.2 Å². The molecule has 1 saturated heterocycles. The van der Waals surface area contributed by atoms with Crippen LogP contribution in [0.25, 0.3) is 11.1 Å². The van der Waals surface area contributed by atoms with Gasteiger partial charge in [-0.2, -0.15) is 0 Å². The fourth-order valence-electron chi connectivity index (χ4n) is 4.26. The molecule has 2 heterocycles. The van der Waals surface area contributed by atoms with Crippen LogP contribution in [-0.2, 0) is 6.42 Å². The summed E-state index contributed by atoms with van der Waals surface area (Å²) in [7, 11) is 2.15. The third kappa shape index (κ3) is 3.08. The third-order valence-corrected chi connectivity index (χ3v) is 5.51. The molecule has 1 fully saturated rings. The van der Waals surface area contributed by atoms with Gasteiger partial charge >= 0.3 is 0 Å². The van der Waals surface area contributed by atoms with Gasteiger partial charge in [-0.25, -0.2) is 0 Å². The Hall–Kier alpha value is -2.17. The van der Waals surface area contributed by atoms with Crippen molar-refractivity contribution >= 4 is 5.91 Å². The molecule has 0 bridgehead atoms. The fraction of sp³-hybridized carbons (Fsp3) is 0.381. The van der Waals surface area contributed by atoms with Gasteiger partial charge in [0, 0.05) is 37.7 Å². The fourth-order valence-corrected chi connectivity index (χ4v) is 4.26. The number of nitrogens with one attached hydrogen (secondary N) is 1. The van der Waals surface area contributed by atoms with E-state index in [1.54, 1.807) is 0 Å². The molecule has 2 N–H and O–H groups in total. The van der Waals surface area contributed by atoms with Crippen molar-refractivity contribution < 1.29 is 9.90 Å². The molecule has 0 unspecified atom stereocenters. The van der Waals surface area contributed by atoms with Crippen molar-refractivity contribution in [3.8, 4) is 11.1 Å². The Bertz CT molecular complexity index is 802. The predicted octanol–water partition coefficient (Wildman–Crippen LogP) is 2.28. The first-order chi connectivity index (χ1) is 12.2. The van der Waals surface area contributed by atoms with Crippen LogP contribution in [0.2, 0.25) is 0 Å². The Kier molecular flexibility index (Phi) is 4.32. The second-order valence-corrected chi connectivity index (χ2v) is 7.27. The molecule has 25 heavy (non-hydrogen) atoms. The SMILES string of the molecule is CN1C[C@H]2CNC(=O)c3cc(-c4cccc(CCO)c4)ccc3[C@@H]2C1. The van der Waals surface area contributed by atoms with Gasteiger partial charge in [-0.1, -0.05) is 36.4 Å². The molecule has 2 atom stereocenters. The molecule has 2 aliphatic rings. The molecular weight excluding hydrogens is 312 g/mol. The van der Waals surface area contributed by atoms with Crippen LogP contribution in [-0.4, -0.2) is 49.2 Å². The van der Waals surface area contributed by atoms with E-state index in [1.165, 1.54) is 5.56 Å². The second-order valence-electron chi connectivity index (χ2n) is 7.27. The smallest absolute Gasteiger partial charge is 0.251 e. The van der Waals surface area contributed by atoms with Crippen molar-refractivity contribution in [2.45, 2.75) is 12.3 Å². The minimum Gasteiger partial charge on any atom is -0.396 e. The molecule has 0 aromatic heterocycles. The van der Waals surface area contributed by atoms with E-state index >= 15 is 0 Å². The quantitative estimate of drug-likeness (QED) is 0.904. The molecule has 4 rings (SSSR count). The third-order valence-electron chi connectivity index (χ3n) is 5.51. The molecular formula is C21H24N2O2. The van der Waals surface area contributed by atoms with Crippen LogP contribution in [0.3, 0.4) is 0 Å². The molecule has 130 valence electrons. The van der Waals surface area contributed by atoms with E-state index in [9.17, 15) is 4.79 Å². The average Bonchev–Trinajstić information content (AvgIpc) is 2.95. The molecule has 2 aliphatic heterocycles. The van der Waals surface area contributed by atoms with E-state index in [0.717, 1.165) is 41.9 Å². The lowest BCUT2D eigenvalue weighted by Gasteiger charge is -2.17. The van der Waals surface area contributed by atoms with Gasteiger partial charge < -0.3 is 15.3 Å². The zero-order valence-corrected chi connectivity index (χ0v) is 14.5. The van der Waals surface area contributed by atoms with Crippen molar-refractivity contribution in [2.24, 2.45) is 5.92 Å². The van der Waals surface area contributed by atoms with Gasteiger partial charge in [0.1, 0.15) is 0 Å². The van der Waals surface area contributed by atoms with Gasteiger partial charge in [-0.3, -0.25) is 4.79 Å². The Morgan fingerprint density at radius 3 is 2.84 bits per heavy atom. The predicted molar refractivity (Wildman–Crippen MR) is 98.7 cm³/mol. The summed E-state index contributed by atoms with van der Waals surface area (Å²) >= 11 is 0. The highest BCUT2D eigenvalue weighted by Gasteiger charge is 2.36. The van der Waals surface area contributed by atoms with Crippen molar-refractivity contribution in [1.82, 2.24) is 10.2 Å². The van der Waals surface area contributed by atoms with Gasteiger partial charge in [0.2, 0.25) is 0 Å². The number of likely N-dealkylation sites (N-methyl/N-ethyl adjacent to an activating group) is 1. The number of fused-ring (bicyclic) bond motifs is 3. The summed E-state index contributed by atoms with van der Waals surface area (Å²) < 4.78 is 0. The number of likely N-dealkylation sites (tertiary alicyclic amines) is 1. The number of carbonyl (C=O) groups excluding carboxylic acids is 1. The number of nitrogens with zero attached hydrogens (tertiary/aromatic N) is 1. The Labute approximate surface area is 148 Å². The van der Waals surface area contributed by atoms with Crippen LogP contribution >= 0.6 is 0 Å². The average molecular weight is 336 g/mol. The van der Waals surface area contributed by atoms with Crippen LogP contribution in [0.4, 0.5) is 0 Å². The summed E-state index contributed by atoms with van der Waals surface area (Å²) in [6, 6.07) is 14.5. The number of benzene rings is 2. The Morgan fingerprint density at radius 2 is 2.00 bits per heavy atom. The van der Waals surface area contributed by atoms with Crippen LogP contribution in [0.15, 0.2) is 42.5 Å². The van der Waals surface area contributed by atoms with Gasteiger partial charge in [0.05, 0.1) is 0 Å². The number of hydrogen-bond acceptors (Lipinski definition) is 3. The first kappa shape index (κ1) is 16.3. The van der Waals surface area contributed by atoms with E-state index in [2.05, 4.69) is 41.5 Å². The number of aliphatic hydroxyl groups is 1. The van der Waals surface area contributed by atoms with Crippen molar-refractivity contribution in [3.63, 3.8) is 0 Å². The first-order valence-electron chi connectivity index (χ1n) is 8.96. The van der Waals surface area contributed by atoms with Crippen LogP contribution in [0.1, 0.15) is 27.4 Å². The molecule has 0 saturated carbocycles. The van der Waals surface area contributed by atoms with Gasteiger partial charge in [-0.05, 0) is 47.7 Å². The lowest BCUT2D eigenvalue weighted by Crippen LogP contribution is -2.29. The van der Waals surface area contributed by atoms with Crippen LogP contribution in [0.5, 0.6) is 0 Å². The van der Waals surface area contributed by atoms with E-state index in [0.29, 0.717) is 18.3 Å². The number of carbonyl (C=O) groups is 1. The molecule has 4 heteroatoms. The number of amides is 1. The number of rotatable bonds is 3. The first-order valence-corrected chi connectivity index (χ1v) is 8.96. The minimum atomic E-state index is 0.0421. The molecule has 4 nitrogen and oxygen atoms in total. The van der Waals surface area contributed by atoms with Gasteiger partial charge in [0.25, 0.3) is 5.91 Å². The lowest BCUT2D eigenvalue weighted by molar-refractivity contribution is 0.0951. The zero-order valence-electron chi connectivity index (χ0n) is 14.5. The maximum Gasteiger partial charge on any atom is 0.251 e. The lowest BCUT2D eigenvalue weighted by atomic mass is 9.86. The molecule has 2 aromatic rings. The standard InChI is InChI=1S/C21H24N2O2/c1-23-12-17-11-22-21(25)19-10-16(5-6-18(19)20(17)13-23)15-4-2-3-14(9-15)7-8-24/h2-6,9-10,17,20,24H,7-8,11-13H2,1H3,(H,22,25)/t17-,20-/m1/s1. The van der Waals surface area contributed by atoms with E-state index < -0.39 is 0 Å². The molecule has 0 radical (unpaired) electrons. The maximum absolute atomic E-state index is 12.6. The maximum atomic E-state index is 12.6. The second kappa shape index (κ2) is 6.62. The largest absolute Gasteiger partial charge is 0.396 e. The van der Waals surface area contributed by atoms with Gasteiger partial charge in [-0.15, -0.1) is 0 Å². The number of hydrogen-bond donors (Lipinski definition) is 2. The van der Waals surface area contributed by atoms with Crippen molar-refractivity contribution in [3.05, 3.63) is 59.2 Å². The Balaban J connectivity index is 1.74. The Morgan fingerprint density at radius 1 is 1.16 bits per heavy atom. The molecule has 2 aromatic carbocycles. The van der Waals surface area contributed by atoms with Crippen LogP contribution < -0.4 is 5.32 Å². The highest BCUT2D eigenvalue weighted by Crippen LogP contribution is 2.37. The van der Waals surface area contributed by atoms with Crippen LogP contribution in [0, 0.1) is 5.92 Å². The summed E-state index contributed by atoms with van der Waals surface area (Å²) in [6.07, 6.45) is 0.648. The highest BCUT2D eigenvalue weighted by molar-refractivity contribution is 5.97. The van der Waals surface area contributed by atoms with E-state index in [-0.39, 0.29) is 12.5 Å². The van der Waals surface area contributed by atoms with Gasteiger partial charge in [0.15, 0.2) is 0 Å². The summed E-state index contributed by atoms with van der Waals surface area (Å²) in [5.41, 5.74) is 5.24. The topological polar surface area (TPSA) is 52.6 Å². The summed E-state index contributed by atoms with van der Waals surface area (Å²) in [6.45, 7) is 2.95. The summed E-state index contributed by atoms with van der Waals surface area (Å²) in [4.78, 5) is 15.0. The minimum absolute atomic E-state index is 0.0421. The van der Waals surface area contributed by atoms with E-state index in [4.69, 9.17) is 5.11 Å². The molecule has 1 amide bonds. The molecule has 0 aliphatic carbocycles. The highest BCUT2D eigenvalue weighted by atomic mass is 16.3. The van der Waals surface area contributed by atoms with Crippen molar-refractivity contribution in [2.75, 3.05) is 33.3 Å². The summed E-state index contributed by atoms with van der Waals surface area (Å²) in [5.74, 6) is 0.961. The summed E-state index contributed by atoms with van der Waals surface area (Å²) in [5, 5.41) is 12.3. The van der Waals surface area contributed by atoms with Crippen molar-refractivity contribution in [1.29, 1.82) is 0 Å². The molecule has 0 spiro atoms.